The van der Waals surface area contributed by atoms with Crippen LogP contribution in [0.2, 0.25) is 0 Å². The van der Waals surface area contributed by atoms with Gasteiger partial charge in [0.2, 0.25) is 5.95 Å². The summed E-state index contributed by atoms with van der Waals surface area (Å²) in [7, 11) is 0. The number of hydrogen-bond donors (Lipinski definition) is 2. The summed E-state index contributed by atoms with van der Waals surface area (Å²) in [5.74, 6) is -0.0538. The first-order chi connectivity index (χ1) is 9.10. The van der Waals surface area contributed by atoms with Crippen LogP contribution in [0.3, 0.4) is 0 Å². The highest BCUT2D eigenvalue weighted by molar-refractivity contribution is 9.11. The van der Waals surface area contributed by atoms with Crippen molar-refractivity contribution < 1.29 is 9.53 Å². The van der Waals surface area contributed by atoms with Crippen LogP contribution in [-0.2, 0) is 0 Å². The van der Waals surface area contributed by atoms with Crippen molar-refractivity contribution in [3.8, 4) is 6.01 Å². The molecule has 2 N–H and O–H groups in total. The van der Waals surface area contributed by atoms with Crippen molar-refractivity contribution in [1.82, 2.24) is 15.2 Å². The Morgan fingerprint density at radius 1 is 1.47 bits per heavy atom. The molecule has 0 unspecified atom stereocenters. The molecule has 0 saturated heterocycles. The zero-order valence-electron chi connectivity index (χ0n) is 9.91. The SMILES string of the molecule is CCOc1n[nH]c(NC(=O)c2ccc(Br)cc2Br)n1. The Labute approximate surface area is 126 Å². The minimum Gasteiger partial charge on any atom is -0.463 e. The molecule has 1 aromatic carbocycles. The maximum Gasteiger partial charge on any atom is 0.337 e. The van der Waals surface area contributed by atoms with Crippen LogP contribution in [-0.4, -0.2) is 27.7 Å². The van der Waals surface area contributed by atoms with E-state index >= 15 is 0 Å². The van der Waals surface area contributed by atoms with E-state index < -0.39 is 0 Å². The van der Waals surface area contributed by atoms with Crippen LogP contribution in [0.25, 0.3) is 0 Å². The minimum atomic E-state index is -0.293. The van der Waals surface area contributed by atoms with E-state index in [1.165, 1.54) is 0 Å². The molecule has 0 aliphatic rings. The van der Waals surface area contributed by atoms with Crippen LogP contribution < -0.4 is 10.1 Å². The number of anilines is 1. The van der Waals surface area contributed by atoms with Crippen molar-refractivity contribution in [3.63, 3.8) is 0 Å². The van der Waals surface area contributed by atoms with Gasteiger partial charge in [0.25, 0.3) is 5.91 Å². The molecule has 0 aliphatic carbocycles. The second kappa shape index (κ2) is 6.16. The van der Waals surface area contributed by atoms with Gasteiger partial charge >= 0.3 is 6.01 Å². The van der Waals surface area contributed by atoms with Gasteiger partial charge in [0.05, 0.1) is 12.2 Å². The van der Waals surface area contributed by atoms with Gasteiger partial charge in [-0.3, -0.25) is 10.1 Å². The van der Waals surface area contributed by atoms with E-state index in [0.29, 0.717) is 16.6 Å². The Morgan fingerprint density at radius 3 is 2.95 bits per heavy atom. The fraction of sp³-hybridized carbons (Fsp3) is 0.182. The highest BCUT2D eigenvalue weighted by Crippen LogP contribution is 2.22. The van der Waals surface area contributed by atoms with Crippen LogP contribution in [0.5, 0.6) is 6.01 Å². The lowest BCUT2D eigenvalue weighted by Crippen LogP contribution is -2.13. The number of H-pyrrole nitrogens is 1. The molecule has 1 heterocycles. The first kappa shape index (κ1) is 14.0. The number of nitrogens with zero attached hydrogens (tertiary/aromatic N) is 2. The molecule has 19 heavy (non-hydrogen) atoms. The monoisotopic (exact) mass is 388 g/mol. The highest BCUT2D eigenvalue weighted by Gasteiger charge is 2.13. The number of carbonyl (C=O) groups excluding carboxylic acids is 1. The lowest BCUT2D eigenvalue weighted by molar-refractivity contribution is 0.102. The average Bonchev–Trinajstić information content (AvgIpc) is 2.76. The molecule has 0 spiro atoms. The van der Waals surface area contributed by atoms with Crippen LogP contribution in [0.15, 0.2) is 27.1 Å². The standard InChI is InChI=1S/C11H10Br2N4O2/c1-2-19-11-15-10(16-17-11)14-9(18)7-4-3-6(12)5-8(7)13/h3-5H,2H2,1H3,(H2,14,15,16,17,18). The van der Waals surface area contributed by atoms with E-state index in [1.54, 1.807) is 18.2 Å². The Hall–Kier alpha value is -1.41. The summed E-state index contributed by atoms with van der Waals surface area (Å²) in [6.07, 6.45) is 0. The molecule has 0 aliphatic heterocycles. The molecule has 2 rings (SSSR count). The van der Waals surface area contributed by atoms with Crippen molar-refractivity contribution in [2.75, 3.05) is 11.9 Å². The first-order valence-corrected chi connectivity index (χ1v) is 7.00. The third-order valence-electron chi connectivity index (χ3n) is 2.15. The number of carbonyl (C=O) groups is 1. The zero-order chi connectivity index (χ0) is 13.8. The van der Waals surface area contributed by atoms with E-state index in [9.17, 15) is 4.79 Å². The van der Waals surface area contributed by atoms with Crippen molar-refractivity contribution in [2.45, 2.75) is 6.92 Å². The van der Waals surface area contributed by atoms with Gasteiger partial charge in [-0.15, -0.1) is 5.10 Å². The molecular weight excluding hydrogens is 380 g/mol. The third kappa shape index (κ3) is 3.54. The smallest absolute Gasteiger partial charge is 0.337 e. The summed E-state index contributed by atoms with van der Waals surface area (Å²) in [6, 6.07) is 5.48. The number of ether oxygens (including phenoxy) is 1. The summed E-state index contributed by atoms with van der Waals surface area (Å²) in [4.78, 5) is 16.0. The van der Waals surface area contributed by atoms with E-state index in [0.717, 1.165) is 4.47 Å². The Kier molecular flexibility index (Phi) is 4.54. The van der Waals surface area contributed by atoms with Crippen LogP contribution in [0, 0.1) is 0 Å². The quantitative estimate of drug-likeness (QED) is 0.842. The number of benzene rings is 1. The third-order valence-corrected chi connectivity index (χ3v) is 3.30. The van der Waals surface area contributed by atoms with E-state index in [2.05, 4.69) is 52.4 Å². The molecule has 0 saturated carbocycles. The van der Waals surface area contributed by atoms with Crippen molar-refractivity contribution in [1.29, 1.82) is 0 Å². The number of aromatic nitrogens is 3. The summed E-state index contributed by atoms with van der Waals surface area (Å²) in [5, 5.41) is 8.98. The number of rotatable bonds is 4. The normalized spacial score (nSPS) is 10.3. The Bertz CT molecular complexity index is 600. The molecule has 1 amide bonds. The second-order valence-corrected chi connectivity index (χ2v) is 5.25. The molecule has 0 radical (unpaired) electrons. The lowest BCUT2D eigenvalue weighted by atomic mass is 10.2. The molecule has 0 fully saturated rings. The van der Waals surface area contributed by atoms with Crippen LogP contribution in [0.1, 0.15) is 17.3 Å². The largest absolute Gasteiger partial charge is 0.463 e. The first-order valence-electron chi connectivity index (χ1n) is 5.41. The number of nitrogens with one attached hydrogen (secondary N) is 2. The van der Waals surface area contributed by atoms with Crippen molar-refractivity contribution in [2.24, 2.45) is 0 Å². The summed E-state index contributed by atoms with van der Waals surface area (Å²) >= 11 is 6.66. The maximum absolute atomic E-state index is 12.0. The predicted octanol–water partition coefficient (Wildman–Crippen LogP) is 2.98. The molecule has 6 nitrogen and oxygen atoms in total. The minimum absolute atomic E-state index is 0.202. The van der Waals surface area contributed by atoms with Crippen LogP contribution in [0.4, 0.5) is 5.95 Å². The fourth-order valence-electron chi connectivity index (χ4n) is 1.34. The highest BCUT2D eigenvalue weighted by atomic mass is 79.9. The van der Waals surface area contributed by atoms with Crippen LogP contribution >= 0.6 is 31.9 Å². The summed E-state index contributed by atoms with van der Waals surface area (Å²) in [5.41, 5.74) is 0.498. The second-order valence-electron chi connectivity index (χ2n) is 3.48. The fourth-order valence-corrected chi connectivity index (χ4v) is 2.57. The number of aromatic amines is 1. The predicted molar refractivity (Wildman–Crippen MR) is 77.3 cm³/mol. The van der Waals surface area contributed by atoms with Gasteiger partial charge in [-0.1, -0.05) is 15.9 Å². The Balaban J connectivity index is 2.11. The topological polar surface area (TPSA) is 79.9 Å². The van der Waals surface area contributed by atoms with Gasteiger partial charge in [-0.25, -0.2) is 5.10 Å². The molecule has 2 aromatic rings. The molecule has 0 atom stereocenters. The van der Waals surface area contributed by atoms with Gasteiger partial charge in [0.1, 0.15) is 0 Å². The maximum atomic E-state index is 12.0. The van der Waals surface area contributed by atoms with E-state index in [4.69, 9.17) is 4.74 Å². The van der Waals surface area contributed by atoms with Gasteiger partial charge in [0, 0.05) is 8.95 Å². The van der Waals surface area contributed by atoms with E-state index in [1.807, 2.05) is 6.92 Å². The zero-order valence-corrected chi connectivity index (χ0v) is 13.1. The van der Waals surface area contributed by atoms with Gasteiger partial charge < -0.3 is 4.74 Å². The molecule has 100 valence electrons. The van der Waals surface area contributed by atoms with Gasteiger partial charge in [0.15, 0.2) is 0 Å². The van der Waals surface area contributed by atoms with Crippen molar-refractivity contribution >= 4 is 43.7 Å². The lowest BCUT2D eigenvalue weighted by Gasteiger charge is -2.04. The molecule has 0 bridgehead atoms. The Morgan fingerprint density at radius 2 is 2.26 bits per heavy atom. The van der Waals surface area contributed by atoms with E-state index in [-0.39, 0.29) is 17.9 Å². The number of hydrogen-bond acceptors (Lipinski definition) is 4. The molecule has 8 heteroatoms. The summed E-state index contributed by atoms with van der Waals surface area (Å²) in [6.45, 7) is 2.29. The molecule has 1 aromatic heterocycles. The van der Waals surface area contributed by atoms with Crippen molar-refractivity contribution in [3.05, 3.63) is 32.7 Å². The summed E-state index contributed by atoms with van der Waals surface area (Å²) < 4.78 is 6.66. The molecular formula is C11H10Br2N4O2. The number of halogens is 2. The van der Waals surface area contributed by atoms with Gasteiger partial charge in [-0.2, -0.15) is 4.98 Å². The van der Waals surface area contributed by atoms with Gasteiger partial charge in [-0.05, 0) is 41.1 Å². The number of amides is 1. The average molecular weight is 390 g/mol.